The highest BCUT2D eigenvalue weighted by molar-refractivity contribution is 5.66. The second-order valence-corrected chi connectivity index (χ2v) is 11.7. The molecule has 4 saturated carbocycles. The lowest BCUT2D eigenvalue weighted by molar-refractivity contribution is -0.154. The average molecular weight is 375 g/mol. The maximum absolute atomic E-state index is 11.1. The van der Waals surface area contributed by atoms with Gasteiger partial charge in [-0.25, -0.2) is 0 Å². The molecule has 0 bridgehead atoms. The highest BCUT2D eigenvalue weighted by Gasteiger charge is 2.62. The van der Waals surface area contributed by atoms with Crippen LogP contribution in [0.4, 0.5) is 0 Å². The van der Waals surface area contributed by atoms with Crippen LogP contribution >= 0.6 is 0 Å². The molecule has 0 amide bonds. The van der Waals surface area contributed by atoms with Crippen LogP contribution in [0.5, 0.6) is 0 Å². The summed E-state index contributed by atoms with van der Waals surface area (Å²) in [6, 6.07) is 0. The molecular weight excluding hydrogens is 332 g/mol. The van der Waals surface area contributed by atoms with Gasteiger partial charge in [0, 0.05) is 6.42 Å². The van der Waals surface area contributed by atoms with Gasteiger partial charge < -0.3 is 5.11 Å². The molecule has 0 spiro atoms. The van der Waals surface area contributed by atoms with Crippen LogP contribution in [0.2, 0.25) is 0 Å². The largest absolute Gasteiger partial charge is 0.481 e. The Morgan fingerprint density at radius 1 is 0.963 bits per heavy atom. The van der Waals surface area contributed by atoms with Gasteiger partial charge in [0.2, 0.25) is 0 Å². The molecule has 4 aliphatic rings. The first kappa shape index (κ1) is 19.8. The number of hydrogen-bond acceptors (Lipinski definition) is 1. The summed E-state index contributed by atoms with van der Waals surface area (Å²) in [5.74, 6) is 3.47. The quantitative estimate of drug-likeness (QED) is 0.579. The summed E-state index contributed by atoms with van der Waals surface area (Å²) in [4.78, 5) is 11.1. The maximum atomic E-state index is 11.1. The molecule has 0 aliphatic heterocycles. The van der Waals surface area contributed by atoms with E-state index in [1.807, 2.05) is 0 Å². The minimum Gasteiger partial charge on any atom is -0.481 e. The number of carboxylic acid groups (broad SMARTS) is 1. The third kappa shape index (κ3) is 2.91. The fraction of sp³-hybridized carbons (Fsp3) is 0.960. The lowest BCUT2D eigenvalue weighted by Gasteiger charge is -2.65. The Balaban J connectivity index is 1.54. The molecule has 4 rings (SSSR count). The minimum absolute atomic E-state index is 0.348. The highest BCUT2D eigenvalue weighted by atomic mass is 16.4. The molecule has 0 heterocycles. The second-order valence-electron chi connectivity index (χ2n) is 11.7. The first-order valence-electron chi connectivity index (χ1n) is 11.9. The predicted molar refractivity (Wildman–Crippen MR) is 110 cm³/mol. The van der Waals surface area contributed by atoms with E-state index in [0.29, 0.717) is 28.6 Å². The summed E-state index contributed by atoms with van der Waals surface area (Å²) in [6.45, 7) is 10.2. The zero-order valence-electron chi connectivity index (χ0n) is 18.2. The molecule has 0 aromatic heterocycles. The topological polar surface area (TPSA) is 37.3 Å². The molecule has 0 radical (unpaired) electrons. The van der Waals surface area contributed by atoms with Crippen LogP contribution in [0.3, 0.4) is 0 Å². The smallest absolute Gasteiger partial charge is 0.303 e. The Kier molecular flexibility index (Phi) is 4.96. The first-order valence-corrected chi connectivity index (χ1v) is 11.9. The number of aliphatic carboxylic acids is 1. The Hall–Kier alpha value is -0.530. The van der Waals surface area contributed by atoms with Crippen molar-refractivity contribution in [3.05, 3.63) is 0 Å². The molecule has 2 heteroatoms. The molecule has 1 N–H and O–H groups in total. The van der Waals surface area contributed by atoms with Crippen molar-refractivity contribution in [3.8, 4) is 0 Å². The summed E-state index contributed by atoms with van der Waals surface area (Å²) in [5, 5.41) is 9.12. The fourth-order valence-electron chi connectivity index (χ4n) is 9.13. The average Bonchev–Trinajstić information content (AvgIpc) is 2.97. The Bertz CT molecular complexity index is 585. The normalized spacial score (nSPS) is 50.4. The standard InChI is InChI=1S/C25H42O2/c1-17(7-10-22(26)27)19-8-9-20-18-11-15-23(2)13-5-6-14-25(23,4)21(18)12-16-24(19,20)3/h17-21H,5-16H2,1-4H3,(H,26,27)/t17-,18?,19?,20?,21?,23+,24-,25-/m1/s1. The zero-order chi connectivity index (χ0) is 19.4. The van der Waals surface area contributed by atoms with E-state index in [4.69, 9.17) is 5.11 Å². The van der Waals surface area contributed by atoms with Gasteiger partial charge in [-0.15, -0.1) is 0 Å². The van der Waals surface area contributed by atoms with E-state index < -0.39 is 5.97 Å². The van der Waals surface area contributed by atoms with E-state index in [2.05, 4.69) is 27.7 Å². The van der Waals surface area contributed by atoms with Crippen molar-refractivity contribution in [1.82, 2.24) is 0 Å². The molecule has 4 fully saturated rings. The van der Waals surface area contributed by atoms with E-state index in [1.165, 1.54) is 64.2 Å². The van der Waals surface area contributed by atoms with Crippen LogP contribution in [-0.2, 0) is 4.79 Å². The fourth-order valence-corrected chi connectivity index (χ4v) is 9.13. The molecule has 0 aromatic rings. The molecule has 8 atom stereocenters. The van der Waals surface area contributed by atoms with Crippen LogP contribution in [-0.4, -0.2) is 11.1 Å². The number of hydrogen-bond donors (Lipinski definition) is 1. The lowest BCUT2D eigenvalue weighted by Crippen LogP contribution is -2.56. The van der Waals surface area contributed by atoms with Crippen molar-refractivity contribution in [3.63, 3.8) is 0 Å². The highest BCUT2D eigenvalue weighted by Crippen LogP contribution is 2.71. The third-order valence-electron chi connectivity index (χ3n) is 10.9. The van der Waals surface area contributed by atoms with E-state index in [1.54, 1.807) is 0 Å². The molecule has 154 valence electrons. The molecule has 2 nitrogen and oxygen atoms in total. The Morgan fingerprint density at radius 2 is 1.70 bits per heavy atom. The number of carbonyl (C=O) groups is 1. The SMILES string of the molecule is C[C@H](CCC(=O)O)C1CCC2C3CC[C@]4(C)CCCC[C@]4(C)C3CC[C@@]21C. The maximum Gasteiger partial charge on any atom is 0.303 e. The molecule has 4 aliphatic carbocycles. The van der Waals surface area contributed by atoms with Crippen LogP contribution in [0.15, 0.2) is 0 Å². The van der Waals surface area contributed by atoms with E-state index in [-0.39, 0.29) is 0 Å². The summed E-state index contributed by atoms with van der Waals surface area (Å²) in [7, 11) is 0. The van der Waals surface area contributed by atoms with Crippen LogP contribution < -0.4 is 0 Å². The van der Waals surface area contributed by atoms with E-state index in [0.717, 1.165) is 30.1 Å². The molecule has 0 aromatic carbocycles. The van der Waals surface area contributed by atoms with Crippen molar-refractivity contribution in [2.75, 3.05) is 0 Å². The number of fused-ring (bicyclic) bond motifs is 5. The van der Waals surface area contributed by atoms with E-state index in [9.17, 15) is 4.79 Å². The Labute approximate surface area is 166 Å². The van der Waals surface area contributed by atoms with Crippen LogP contribution in [0, 0.1) is 45.8 Å². The third-order valence-corrected chi connectivity index (χ3v) is 10.9. The van der Waals surface area contributed by atoms with Crippen molar-refractivity contribution < 1.29 is 9.90 Å². The molecule has 0 saturated heterocycles. The van der Waals surface area contributed by atoms with Gasteiger partial charge >= 0.3 is 5.97 Å². The monoisotopic (exact) mass is 374 g/mol. The van der Waals surface area contributed by atoms with Crippen molar-refractivity contribution in [2.45, 2.75) is 105 Å². The van der Waals surface area contributed by atoms with Crippen molar-refractivity contribution in [2.24, 2.45) is 45.8 Å². The van der Waals surface area contributed by atoms with Gasteiger partial charge in [-0.2, -0.15) is 0 Å². The van der Waals surface area contributed by atoms with Gasteiger partial charge in [0.25, 0.3) is 0 Å². The molecule has 27 heavy (non-hydrogen) atoms. The first-order chi connectivity index (χ1) is 12.7. The van der Waals surface area contributed by atoms with Crippen molar-refractivity contribution >= 4 is 5.97 Å². The molecular formula is C25H42O2. The number of rotatable bonds is 4. The second kappa shape index (κ2) is 6.77. The van der Waals surface area contributed by atoms with Gasteiger partial charge in [-0.1, -0.05) is 40.5 Å². The summed E-state index contributed by atoms with van der Waals surface area (Å²) in [5.41, 5.74) is 1.63. The Morgan fingerprint density at radius 3 is 2.44 bits per heavy atom. The van der Waals surface area contributed by atoms with E-state index >= 15 is 0 Å². The summed E-state index contributed by atoms with van der Waals surface area (Å²) < 4.78 is 0. The molecule has 4 unspecified atom stereocenters. The van der Waals surface area contributed by atoms with Gasteiger partial charge in [-0.3, -0.25) is 4.79 Å². The predicted octanol–water partition coefficient (Wildman–Crippen LogP) is 6.93. The van der Waals surface area contributed by atoms with Crippen molar-refractivity contribution in [1.29, 1.82) is 0 Å². The van der Waals surface area contributed by atoms with Gasteiger partial charge in [-0.05, 0) is 104 Å². The zero-order valence-corrected chi connectivity index (χ0v) is 18.2. The van der Waals surface area contributed by atoms with Gasteiger partial charge in [0.05, 0.1) is 0 Å². The van der Waals surface area contributed by atoms with Gasteiger partial charge in [0.1, 0.15) is 0 Å². The number of carboxylic acids is 1. The summed E-state index contributed by atoms with van der Waals surface area (Å²) in [6.07, 6.45) is 15.6. The van der Waals surface area contributed by atoms with Crippen LogP contribution in [0.25, 0.3) is 0 Å². The summed E-state index contributed by atoms with van der Waals surface area (Å²) >= 11 is 0. The van der Waals surface area contributed by atoms with Gasteiger partial charge in [0.15, 0.2) is 0 Å². The van der Waals surface area contributed by atoms with Crippen LogP contribution in [0.1, 0.15) is 105 Å². The lowest BCUT2D eigenvalue weighted by atomic mass is 9.40. The minimum atomic E-state index is -0.623.